The van der Waals surface area contributed by atoms with E-state index in [-0.39, 0.29) is 5.97 Å². The summed E-state index contributed by atoms with van der Waals surface area (Å²) in [6.07, 6.45) is 10.6. The number of hydrogen-bond acceptors (Lipinski definition) is 4. The van der Waals surface area contributed by atoms with Gasteiger partial charge in [0.05, 0.1) is 6.61 Å². The van der Waals surface area contributed by atoms with Gasteiger partial charge in [0.1, 0.15) is 0 Å². The van der Waals surface area contributed by atoms with Crippen LogP contribution in [0, 0.1) is 0 Å². The summed E-state index contributed by atoms with van der Waals surface area (Å²) >= 11 is 1.91. The molecule has 0 fully saturated rings. The normalized spacial score (nSPS) is 10.9. The lowest BCUT2D eigenvalue weighted by atomic mass is 10.2. The maximum Gasteiger partial charge on any atom is 0.330 e. The maximum atomic E-state index is 10.9. The molecule has 1 N–H and O–H groups in total. The highest BCUT2D eigenvalue weighted by atomic mass is 32.2. The molecule has 0 unspecified atom stereocenters. The summed E-state index contributed by atoms with van der Waals surface area (Å²) in [5.74, 6) is 1.02. The van der Waals surface area contributed by atoms with Crippen molar-refractivity contribution in [3.8, 4) is 0 Å². The third-order valence-corrected chi connectivity index (χ3v) is 2.95. The predicted molar refractivity (Wildman–Crippen MR) is 75.5 cm³/mol. The largest absolute Gasteiger partial charge is 0.463 e. The second-order valence-corrected chi connectivity index (χ2v) is 4.75. The lowest BCUT2D eigenvalue weighted by Crippen LogP contribution is -2.15. The summed E-state index contributed by atoms with van der Waals surface area (Å²) in [4.78, 5) is 10.9. The van der Waals surface area contributed by atoms with E-state index in [0.29, 0.717) is 6.61 Å². The molecule has 0 aromatic heterocycles. The first-order chi connectivity index (χ1) is 8.31. The summed E-state index contributed by atoms with van der Waals surface area (Å²) in [7, 11) is 0. The van der Waals surface area contributed by atoms with Crippen LogP contribution < -0.4 is 5.32 Å². The molecule has 0 amide bonds. The van der Waals surface area contributed by atoms with E-state index < -0.39 is 0 Å². The van der Waals surface area contributed by atoms with Gasteiger partial charge in [0.2, 0.25) is 0 Å². The number of ether oxygens (including phenoxy) is 1. The van der Waals surface area contributed by atoms with Gasteiger partial charge in [-0.2, -0.15) is 11.8 Å². The van der Waals surface area contributed by atoms with Gasteiger partial charge in [0, 0.05) is 12.6 Å². The zero-order valence-corrected chi connectivity index (χ0v) is 11.9. The van der Waals surface area contributed by atoms with Crippen LogP contribution in [0.3, 0.4) is 0 Å². The Balaban J connectivity index is 3.15. The van der Waals surface area contributed by atoms with Crippen LogP contribution in [-0.4, -0.2) is 37.7 Å². The van der Waals surface area contributed by atoms with Crippen molar-refractivity contribution >= 4 is 17.7 Å². The molecule has 0 atom stereocenters. The van der Waals surface area contributed by atoms with Crippen molar-refractivity contribution in [1.82, 2.24) is 5.32 Å². The number of esters is 1. The SMILES string of the molecule is CCOC(=O)/C=C/CNCCCCCCSC. The monoisotopic (exact) mass is 259 g/mol. The molecule has 0 spiro atoms. The average Bonchev–Trinajstić information content (AvgIpc) is 2.32. The topological polar surface area (TPSA) is 38.3 Å². The van der Waals surface area contributed by atoms with E-state index >= 15 is 0 Å². The number of thioether (sulfide) groups is 1. The average molecular weight is 259 g/mol. The first kappa shape index (κ1) is 16.5. The lowest BCUT2D eigenvalue weighted by molar-refractivity contribution is -0.137. The zero-order chi connectivity index (χ0) is 12.8. The van der Waals surface area contributed by atoms with Crippen molar-refractivity contribution in [1.29, 1.82) is 0 Å². The van der Waals surface area contributed by atoms with Crippen LogP contribution in [0.2, 0.25) is 0 Å². The number of carbonyl (C=O) groups excluding carboxylic acids is 1. The van der Waals surface area contributed by atoms with Gasteiger partial charge < -0.3 is 10.1 Å². The first-order valence-electron chi connectivity index (χ1n) is 6.34. The van der Waals surface area contributed by atoms with Crippen molar-refractivity contribution in [3.05, 3.63) is 12.2 Å². The highest BCUT2D eigenvalue weighted by Crippen LogP contribution is 2.03. The second kappa shape index (κ2) is 13.6. The molecule has 0 aromatic carbocycles. The molecule has 0 rings (SSSR count). The van der Waals surface area contributed by atoms with Crippen LogP contribution in [0.15, 0.2) is 12.2 Å². The van der Waals surface area contributed by atoms with E-state index in [9.17, 15) is 4.79 Å². The molecule has 0 saturated heterocycles. The minimum absolute atomic E-state index is 0.258. The van der Waals surface area contributed by atoms with Gasteiger partial charge in [-0.25, -0.2) is 4.79 Å². The fraction of sp³-hybridized carbons (Fsp3) is 0.769. The molecule has 0 aliphatic rings. The number of hydrogen-bond donors (Lipinski definition) is 1. The van der Waals surface area contributed by atoms with Crippen LogP contribution in [0.25, 0.3) is 0 Å². The Bertz CT molecular complexity index is 208. The van der Waals surface area contributed by atoms with Crippen LogP contribution >= 0.6 is 11.8 Å². The molecule has 3 nitrogen and oxygen atoms in total. The summed E-state index contributed by atoms with van der Waals surface area (Å²) in [6.45, 7) is 4.00. The highest BCUT2D eigenvalue weighted by molar-refractivity contribution is 7.98. The third-order valence-electron chi connectivity index (χ3n) is 2.25. The number of carbonyl (C=O) groups is 1. The molecule has 0 saturated carbocycles. The number of nitrogens with one attached hydrogen (secondary N) is 1. The summed E-state index contributed by atoms with van der Waals surface area (Å²) in [5.41, 5.74) is 0. The van der Waals surface area contributed by atoms with Gasteiger partial charge in [0.25, 0.3) is 0 Å². The van der Waals surface area contributed by atoms with E-state index in [4.69, 9.17) is 4.74 Å². The summed E-state index contributed by atoms with van der Waals surface area (Å²) in [5, 5.41) is 3.27. The Kier molecular flexibility index (Phi) is 13.2. The van der Waals surface area contributed by atoms with E-state index in [2.05, 4.69) is 11.6 Å². The molecular formula is C13H25NO2S. The van der Waals surface area contributed by atoms with Crippen molar-refractivity contribution in [2.45, 2.75) is 32.6 Å². The lowest BCUT2D eigenvalue weighted by Gasteiger charge is -2.01. The summed E-state index contributed by atoms with van der Waals surface area (Å²) < 4.78 is 4.77. The maximum absolute atomic E-state index is 10.9. The molecule has 0 aromatic rings. The van der Waals surface area contributed by atoms with Crippen molar-refractivity contribution < 1.29 is 9.53 Å². The van der Waals surface area contributed by atoms with Gasteiger partial charge in [-0.1, -0.05) is 18.9 Å². The molecule has 0 radical (unpaired) electrons. The van der Waals surface area contributed by atoms with Crippen LogP contribution in [-0.2, 0) is 9.53 Å². The van der Waals surface area contributed by atoms with E-state index in [1.54, 1.807) is 6.92 Å². The zero-order valence-electron chi connectivity index (χ0n) is 11.0. The molecule has 0 aliphatic heterocycles. The second-order valence-electron chi connectivity index (χ2n) is 3.77. The number of unbranched alkanes of at least 4 members (excludes halogenated alkanes) is 3. The van der Waals surface area contributed by atoms with Crippen LogP contribution in [0.1, 0.15) is 32.6 Å². The van der Waals surface area contributed by atoms with Crippen LogP contribution in [0.5, 0.6) is 0 Å². The summed E-state index contributed by atoms with van der Waals surface area (Å²) in [6, 6.07) is 0. The molecule has 100 valence electrons. The van der Waals surface area contributed by atoms with E-state index in [1.165, 1.54) is 37.5 Å². The minimum Gasteiger partial charge on any atom is -0.463 e. The Hall–Kier alpha value is -0.480. The molecule has 0 heterocycles. The number of rotatable bonds is 11. The van der Waals surface area contributed by atoms with Crippen molar-refractivity contribution in [2.24, 2.45) is 0 Å². The van der Waals surface area contributed by atoms with Gasteiger partial charge in [-0.05, 0) is 38.3 Å². The predicted octanol–water partition coefficient (Wildman–Crippen LogP) is 2.62. The fourth-order valence-electron chi connectivity index (χ4n) is 1.38. The molecular weight excluding hydrogens is 234 g/mol. The fourth-order valence-corrected chi connectivity index (χ4v) is 1.87. The van der Waals surface area contributed by atoms with E-state index in [0.717, 1.165) is 13.1 Å². The van der Waals surface area contributed by atoms with E-state index in [1.807, 2.05) is 17.8 Å². The van der Waals surface area contributed by atoms with Crippen molar-refractivity contribution in [3.63, 3.8) is 0 Å². The molecule has 0 aliphatic carbocycles. The highest BCUT2D eigenvalue weighted by Gasteiger charge is 1.92. The van der Waals surface area contributed by atoms with Crippen LogP contribution in [0.4, 0.5) is 0 Å². The van der Waals surface area contributed by atoms with Gasteiger partial charge in [-0.15, -0.1) is 0 Å². The quantitative estimate of drug-likeness (QED) is 0.352. The Morgan fingerprint density at radius 2 is 2.06 bits per heavy atom. The van der Waals surface area contributed by atoms with Crippen molar-refractivity contribution in [2.75, 3.05) is 31.7 Å². The Morgan fingerprint density at radius 1 is 1.29 bits per heavy atom. The Morgan fingerprint density at radius 3 is 2.76 bits per heavy atom. The molecule has 17 heavy (non-hydrogen) atoms. The van der Waals surface area contributed by atoms with Gasteiger partial charge in [-0.3, -0.25) is 0 Å². The minimum atomic E-state index is -0.258. The first-order valence-corrected chi connectivity index (χ1v) is 7.73. The Labute approximate surface area is 109 Å². The standard InChI is InChI=1S/C13H25NO2S/c1-3-16-13(15)9-8-11-14-10-6-4-5-7-12-17-2/h8-9,14H,3-7,10-12H2,1-2H3/b9-8+. The smallest absolute Gasteiger partial charge is 0.330 e. The molecule has 4 heteroatoms. The van der Waals surface area contributed by atoms with Gasteiger partial charge >= 0.3 is 5.97 Å². The van der Waals surface area contributed by atoms with Gasteiger partial charge in [0.15, 0.2) is 0 Å². The molecule has 0 bridgehead atoms. The third kappa shape index (κ3) is 13.5.